The Balaban J connectivity index is 1.28. The number of nitriles is 1. The number of phenolic OH excluding ortho intramolecular Hbond substituents is 1. The number of halogens is 1. The van der Waals surface area contributed by atoms with Crippen molar-refractivity contribution in [3.05, 3.63) is 77.4 Å². The Morgan fingerprint density at radius 3 is 2.46 bits per heavy atom. The Bertz CT molecular complexity index is 1870. The smallest absolute Gasteiger partial charge is 0.339 e. The van der Waals surface area contributed by atoms with Crippen molar-refractivity contribution in [2.75, 3.05) is 19.8 Å². The number of carbonyl (C=O) groups is 4. The van der Waals surface area contributed by atoms with Crippen LogP contribution in [0.4, 0.5) is 4.39 Å². The number of amides is 1. The SMILES string of the molecule is CN(C)C(=O)c1cc(Oc2ccc(C(=O)O[C@]3(C(=O)SCC#N)CC[C@H]4[C@@H]5CCC6=CC(=O)C=C[C@]6(C)[C@@]5(F)[C@@H](O)C[C@@]43C)cc2)ccc1O. The first-order valence-corrected chi connectivity index (χ1v) is 17.5. The summed E-state index contributed by atoms with van der Waals surface area (Å²) in [6.07, 6.45) is 3.95. The number of phenols is 1. The zero-order valence-electron chi connectivity index (χ0n) is 28.3. The van der Waals surface area contributed by atoms with E-state index in [2.05, 4.69) is 0 Å². The van der Waals surface area contributed by atoms with Gasteiger partial charge in [0.1, 0.15) is 17.2 Å². The predicted molar refractivity (Wildman–Crippen MR) is 182 cm³/mol. The van der Waals surface area contributed by atoms with Crippen LogP contribution in [0.15, 0.2) is 66.3 Å². The molecule has 0 spiro atoms. The lowest BCUT2D eigenvalue weighted by atomic mass is 9.45. The second kappa shape index (κ2) is 12.7. The van der Waals surface area contributed by atoms with Gasteiger partial charge >= 0.3 is 5.97 Å². The van der Waals surface area contributed by atoms with Gasteiger partial charge in [-0.25, -0.2) is 9.18 Å². The molecule has 2 N–H and O–H groups in total. The molecule has 0 radical (unpaired) electrons. The van der Waals surface area contributed by atoms with E-state index in [1.54, 1.807) is 34.0 Å². The fourth-order valence-electron chi connectivity index (χ4n) is 8.96. The highest BCUT2D eigenvalue weighted by molar-refractivity contribution is 8.14. The van der Waals surface area contributed by atoms with Gasteiger partial charge in [-0.2, -0.15) is 5.26 Å². The van der Waals surface area contributed by atoms with E-state index in [1.165, 1.54) is 59.5 Å². The third kappa shape index (κ3) is 5.33. The number of ketones is 1. The van der Waals surface area contributed by atoms with Crippen LogP contribution in [0.5, 0.6) is 17.2 Å². The summed E-state index contributed by atoms with van der Waals surface area (Å²) in [6, 6.07) is 12.2. The van der Waals surface area contributed by atoms with E-state index in [9.17, 15) is 34.7 Å². The summed E-state index contributed by atoms with van der Waals surface area (Å²) in [5.41, 5.74) is -5.41. The fraction of sp³-hybridized carbons (Fsp3) is 0.447. The average Bonchev–Trinajstić information content (AvgIpc) is 3.37. The monoisotopic (exact) mass is 702 g/mol. The van der Waals surface area contributed by atoms with Crippen molar-refractivity contribution in [2.24, 2.45) is 22.7 Å². The molecule has 4 aliphatic rings. The molecule has 0 aliphatic heterocycles. The molecule has 50 heavy (non-hydrogen) atoms. The third-order valence-electron chi connectivity index (χ3n) is 11.6. The maximum atomic E-state index is 17.6. The molecule has 3 saturated carbocycles. The van der Waals surface area contributed by atoms with E-state index >= 15 is 4.39 Å². The van der Waals surface area contributed by atoms with E-state index in [0.29, 0.717) is 30.6 Å². The van der Waals surface area contributed by atoms with E-state index < -0.39 is 57.0 Å². The van der Waals surface area contributed by atoms with Gasteiger partial charge in [-0.05, 0) is 99.6 Å². The largest absolute Gasteiger partial charge is 0.507 e. The third-order valence-corrected chi connectivity index (χ3v) is 12.4. The van der Waals surface area contributed by atoms with Crippen molar-refractivity contribution in [1.29, 1.82) is 5.26 Å². The van der Waals surface area contributed by atoms with Gasteiger partial charge in [0, 0.05) is 30.8 Å². The summed E-state index contributed by atoms with van der Waals surface area (Å²) in [5, 5.41) is 30.7. The molecule has 4 aliphatic carbocycles. The first-order chi connectivity index (χ1) is 23.6. The van der Waals surface area contributed by atoms with Gasteiger partial charge < -0.3 is 24.6 Å². The molecule has 6 rings (SSSR count). The quantitative estimate of drug-likeness (QED) is 0.332. The van der Waals surface area contributed by atoms with Gasteiger partial charge in [-0.1, -0.05) is 30.3 Å². The summed E-state index contributed by atoms with van der Waals surface area (Å²) in [6.45, 7) is 3.50. The minimum atomic E-state index is -2.12. The highest BCUT2D eigenvalue weighted by atomic mass is 32.2. The summed E-state index contributed by atoms with van der Waals surface area (Å²) >= 11 is 0.746. The first-order valence-electron chi connectivity index (χ1n) is 16.5. The van der Waals surface area contributed by atoms with Crippen molar-refractivity contribution in [1.82, 2.24) is 4.90 Å². The fourth-order valence-corrected chi connectivity index (χ4v) is 9.77. The van der Waals surface area contributed by atoms with E-state index in [-0.39, 0.29) is 47.0 Å². The number of alkyl halides is 1. The number of carbonyl (C=O) groups excluding carboxylic acids is 4. The number of nitrogens with zero attached hydrogens (tertiary/aromatic N) is 2. The van der Waals surface area contributed by atoms with E-state index in [0.717, 1.165) is 11.8 Å². The van der Waals surface area contributed by atoms with Gasteiger partial charge in [-0.3, -0.25) is 14.4 Å². The van der Waals surface area contributed by atoms with Crippen molar-refractivity contribution in [3.8, 4) is 23.3 Å². The van der Waals surface area contributed by atoms with Crippen LogP contribution in [0.1, 0.15) is 66.7 Å². The lowest BCUT2D eigenvalue weighted by Gasteiger charge is -2.62. The molecule has 262 valence electrons. The maximum absolute atomic E-state index is 17.6. The molecule has 2 aromatic rings. The van der Waals surface area contributed by atoms with Crippen molar-refractivity contribution in [2.45, 2.75) is 63.3 Å². The first kappa shape index (κ1) is 35.4. The Morgan fingerprint density at radius 2 is 1.78 bits per heavy atom. The number of fused-ring (bicyclic) bond motifs is 5. The number of ether oxygens (including phenoxy) is 2. The number of aliphatic hydroxyl groups is 1. The number of benzene rings is 2. The Kier molecular flexibility index (Phi) is 8.98. The topological polar surface area (TPSA) is 154 Å². The lowest BCUT2D eigenvalue weighted by Crippen LogP contribution is -2.69. The molecular formula is C38H39FN2O8S. The summed E-state index contributed by atoms with van der Waals surface area (Å²) < 4.78 is 29.7. The van der Waals surface area contributed by atoms with Crippen LogP contribution in [-0.2, 0) is 14.3 Å². The van der Waals surface area contributed by atoms with Crippen LogP contribution in [0.3, 0.4) is 0 Å². The van der Waals surface area contributed by atoms with Gasteiger partial charge in [0.05, 0.1) is 29.1 Å². The summed E-state index contributed by atoms with van der Waals surface area (Å²) in [5.74, 6) is -2.31. The molecular weight excluding hydrogens is 663 g/mol. The summed E-state index contributed by atoms with van der Waals surface area (Å²) in [7, 11) is 3.12. The van der Waals surface area contributed by atoms with Crippen LogP contribution in [0, 0.1) is 34.0 Å². The summed E-state index contributed by atoms with van der Waals surface area (Å²) in [4.78, 5) is 53.8. The second-order valence-corrected chi connectivity index (χ2v) is 15.2. The van der Waals surface area contributed by atoms with E-state index in [1.807, 2.05) is 6.07 Å². The van der Waals surface area contributed by atoms with Crippen LogP contribution in [-0.4, -0.2) is 75.1 Å². The van der Waals surface area contributed by atoms with Crippen LogP contribution < -0.4 is 4.74 Å². The molecule has 12 heteroatoms. The van der Waals surface area contributed by atoms with Gasteiger partial charge in [0.15, 0.2) is 17.1 Å². The average molecular weight is 703 g/mol. The molecule has 0 aromatic heterocycles. The highest BCUT2D eigenvalue weighted by Gasteiger charge is 2.75. The standard InChI is InChI=1S/C38H39FN2O8S/c1-35-15-13-24(42)19-23(35)7-11-29-28-14-16-37(34(47)50-18-17-40,36(28,2)21-31(44)38(29,35)39)49-33(46)22-5-8-25(9-6-22)48-26-10-12-30(43)27(20-26)32(45)41(3)4/h5-6,8-10,12-13,15,19-20,28-29,31,43-44H,7,11,14,16,18,21H2,1-4H3/t28-,29-,31-,35-,36-,37-,38-/m0/s1. The zero-order valence-corrected chi connectivity index (χ0v) is 29.1. The van der Waals surface area contributed by atoms with Crippen molar-refractivity contribution < 1.29 is 43.3 Å². The van der Waals surface area contributed by atoms with Gasteiger partial charge in [-0.15, -0.1) is 0 Å². The Hall–Kier alpha value is -4.47. The molecule has 1 amide bonds. The number of allylic oxidation sites excluding steroid dienone is 4. The minimum absolute atomic E-state index is 0.0580. The van der Waals surface area contributed by atoms with Crippen molar-refractivity contribution >= 4 is 34.5 Å². The van der Waals surface area contributed by atoms with Crippen LogP contribution in [0.2, 0.25) is 0 Å². The van der Waals surface area contributed by atoms with Crippen molar-refractivity contribution in [3.63, 3.8) is 0 Å². The maximum Gasteiger partial charge on any atom is 0.339 e. The molecule has 10 nitrogen and oxygen atoms in total. The molecule has 0 bridgehead atoms. The van der Waals surface area contributed by atoms with Gasteiger partial charge in [0.2, 0.25) is 5.12 Å². The Labute approximate surface area is 293 Å². The predicted octanol–water partition coefficient (Wildman–Crippen LogP) is 5.94. The zero-order chi connectivity index (χ0) is 36.2. The number of esters is 1. The molecule has 7 atom stereocenters. The molecule has 0 unspecified atom stereocenters. The molecule has 0 saturated heterocycles. The molecule has 2 aromatic carbocycles. The lowest BCUT2D eigenvalue weighted by molar-refractivity contribution is -0.214. The molecule has 3 fully saturated rings. The van der Waals surface area contributed by atoms with E-state index in [4.69, 9.17) is 9.47 Å². The second-order valence-electron chi connectivity index (χ2n) is 14.3. The number of aliphatic hydroxyl groups excluding tert-OH is 1. The minimum Gasteiger partial charge on any atom is -0.507 e. The number of aromatic hydroxyl groups is 1. The number of thioether (sulfide) groups is 1. The highest BCUT2D eigenvalue weighted by Crippen LogP contribution is 2.70. The normalized spacial score (nSPS) is 32.5. The number of rotatable bonds is 7. The van der Waals surface area contributed by atoms with Gasteiger partial charge in [0.25, 0.3) is 5.91 Å². The number of hydrogen-bond donors (Lipinski definition) is 2. The Morgan fingerprint density at radius 1 is 1.08 bits per heavy atom. The van der Waals surface area contributed by atoms with Crippen LogP contribution in [0.25, 0.3) is 0 Å². The number of hydrogen-bond acceptors (Lipinski definition) is 10. The molecule has 0 heterocycles. The van der Waals surface area contributed by atoms with Crippen LogP contribution >= 0.6 is 11.8 Å².